The fourth-order valence-electron chi connectivity index (χ4n) is 5.25. The zero-order chi connectivity index (χ0) is 25.5. The van der Waals surface area contributed by atoms with Gasteiger partial charge in [-0.1, -0.05) is 35.3 Å². The van der Waals surface area contributed by atoms with Gasteiger partial charge < -0.3 is 14.4 Å². The van der Waals surface area contributed by atoms with Crippen LogP contribution in [0.25, 0.3) is 0 Å². The molecule has 0 radical (unpaired) electrons. The summed E-state index contributed by atoms with van der Waals surface area (Å²) in [6.45, 7) is 4.87. The van der Waals surface area contributed by atoms with Crippen LogP contribution in [0.3, 0.4) is 0 Å². The van der Waals surface area contributed by atoms with Crippen molar-refractivity contribution in [2.45, 2.75) is 44.2 Å². The second-order valence-corrected chi connectivity index (χ2v) is 10.5. The maximum absolute atomic E-state index is 12.6. The number of carbonyl (C=O) groups excluding carboxylic acids is 1. The Kier molecular flexibility index (Phi) is 9.50. The van der Waals surface area contributed by atoms with Gasteiger partial charge in [-0.05, 0) is 80.9 Å². The van der Waals surface area contributed by atoms with Crippen LogP contribution in [0.5, 0.6) is 5.75 Å². The van der Waals surface area contributed by atoms with Crippen molar-refractivity contribution < 1.29 is 14.3 Å². The lowest BCUT2D eigenvalue weighted by molar-refractivity contribution is -0.147. The highest BCUT2D eigenvalue weighted by molar-refractivity contribution is 6.42. The summed E-state index contributed by atoms with van der Waals surface area (Å²) in [5.41, 5.74) is 1.60. The van der Waals surface area contributed by atoms with E-state index in [2.05, 4.69) is 15.9 Å². The van der Waals surface area contributed by atoms with Crippen LogP contribution < -0.4 is 4.74 Å². The zero-order valence-corrected chi connectivity index (χ0v) is 22.2. The summed E-state index contributed by atoms with van der Waals surface area (Å²) < 4.78 is 11.3. The minimum atomic E-state index is -0.320. The van der Waals surface area contributed by atoms with Gasteiger partial charge in [-0.15, -0.1) is 0 Å². The molecule has 1 atom stereocenters. The Bertz CT molecular complexity index is 1070. The third-order valence-corrected chi connectivity index (χ3v) is 8.03. The summed E-state index contributed by atoms with van der Waals surface area (Å²) >= 11 is 12.1. The predicted octanol–water partition coefficient (Wildman–Crippen LogP) is 5.20. The monoisotopic (exact) mass is 529 g/mol. The van der Waals surface area contributed by atoms with Crippen molar-refractivity contribution in [2.75, 3.05) is 39.8 Å². The Morgan fingerprint density at radius 1 is 1.06 bits per heavy atom. The van der Waals surface area contributed by atoms with Crippen molar-refractivity contribution in [3.05, 3.63) is 63.6 Å². The number of nitriles is 1. The topological polar surface area (TPSA) is 65.8 Å². The molecule has 0 saturated carbocycles. The lowest BCUT2D eigenvalue weighted by Gasteiger charge is -2.39. The number of piperidine rings is 2. The van der Waals surface area contributed by atoms with Gasteiger partial charge in [0.2, 0.25) is 0 Å². The molecule has 0 aromatic heterocycles. The van der Waals surface area contributed by atoms with E-state index in [1.807, 2.05) is 24.3 Å². The highest BCUT2D eigenvalue weighted by Gasteiger charge is 2.32. The summed E-state index contributed by atoms with van der Waals surface area (Å²) in [5, 5.41) is 10.2. The second-order valence-electron chi connectivity index (χ2n) is 9.73. The van der Waals surface area contributed by atoms with Crippen LogP contribution in [0.1, 0.15) is 36.8 Å². The number of ether oxygens (including phenoxy) is 2. The smallest absolute Gasteiger partial charge is 0.323 e. The molecular weight excluding hydrogens is 497 g/mol. The van der Waals surface area contributed by atoms with Crippen LogP contribution in [0.4, 0.5) is 0 Å². The maximum atomic E-state index is 12.6. The molecule has 192 valence electrons. The van der Waals surface area contributed by atoms with Crippen molar-refractivity contribution in [1.29, 1.82) is 5.26 Å². The van der Waals surface area contributed by atoms with Gasteiger partial charge >= 0.3 is 5.97 Å². The third kappa shape index (κ3) is 7.14. The average Bonchev–Trinajstić information content (AvgIpc) is 2.91. The largest absolute Gasteiger partial charge is 0.490 e. The van der Waals surface area contributed by atoms with Crippen LogP contribution in [0, 0.1) is 17.2 Å². The Labute approximate surface area is 223 Å². The van der Waals surface area contributed by atoms with Gasteiger partial charge in [0.15, 0.2) is 0 Å². The molecule has 0 bridgehead atoms. The molecule has 0 spiro atoms. The van der Waals surface area contributed by atoms with Crippen LogP contribution in [-0.4, -0.2) is 67.7 Å². The number of carbonyl (C=O) groups is 1. The second kappa shape index (κ2) is 12.8. The number of halogens is 2. The average molecular weight is 530 g/mol. The lowest BCUT2D eigenvalue weighted by atomic mass is 9.93. The van der Waals surface area contributed by atoms with Crippen molar-refractivity contribution in [3.8, 4) is 11.8 Å². The molecule has 0 N–H and O–H groups in total. The number of esters is 1. The SMILES string of the molecule is COC(=O)C(Cc1cccc(C#N)c1)N1CCC(CN2CCC(Oc3ccc(Cl)c(Cl)c3)CC2)CC1. The molecule has 36 heavy (non-hydrogen) atoms. The standard InChI is InChI=1S/C28H33Cl2N3O3/c1-35-28(34)27(16-21-3-2-4-22(15-21)18-31)33-13-7-20(8-14-33)19-32-11-9-23(10-12-32)36-24-5-6-25(29)26(30)17-24/h2-6,15,17,20,23,27H,7-14,16,19H2,1H3. The molecule has 2 saturated heterocycles. The fourth-order valence-corrected chi connectivity index (χ4v) is 5.54. The molecule has 2 aliphatic rings. The van der Waals surface area contributed by atoms with Gasteiger partial charge in [-0.25, -0.2) is 0 Å². The van der Waals surface area contributed by atoms with E-state index in [4.69, 9.17) is 32.7 Å². The molecule has 0 amide bonds. The van der Waals surface area contributed by atoms with Gasteiger partial charge in [0.1, 0.15) is 17.9 Å². The Hall–Kier alpha value is -2.30. The van der Waals surface area contributed by atoms with E-state index < -0.39 is 0 Å². The molecule has 1 unspecified atom stereocenters. The van der Waals surface area contributed by atoms with Gasteiger partial charge in [-0.3, -0.25) is 9.69 Å². The van der Waals surface area contributed by atoms with Crippen LogP contribution in [0.2, 0.25) is 10.0 Å². The van der Waals surface area contributed by atoms with Gasteiger partial charge in [-0.2, -0.15) is 5.26 Å². The first-order chi connectivity index (χ1) is 17.4. The molecule has 2 aromatic rings. The van der Waals surface area contributed by atoms with E-state index in [9.17, 15) is 10.1 Å². The first-order valence-corrected chi connectivity index (χ1v) is 13.4. The summed E-state index contributed by atoms with van der Waals surface area (Å²) in [6.07, 6.45) is 4.85. The van der Waals surface area contributed by atoms with Gasteiger partial charge in [0, 0.05) is 25.7 Å². The summed E-state index contributed by atoms with van der Waals surface area (Å²) in [7, 11) is 1.45. The number of hydrogen-bond donors (Lipinski definition) is 0. The van der Waals surface area contributed by atoms with Crippen LogP contribution in [0.15, 0.2) is 42.5 Å². The molecule has 2 aromatic carbocycles. The van der Waals surface area contributed by atoms with Crippen molar-refractivity contribution in [2.24, 2.45) is 5.92 Å². The number of likely N-dealkylation sites (tertiary alicyclic amines) is 2. The van der Waals surface area contributed by atoms with Crippen LogP contribution >= 0.6 is 23.2 Å². The Balaban J connectivity index is 1.23. The fraction of sp³-hybridized carbons (Fsp3) is 0.500. The van der Waals surface area contributed by atoms with E-state index in [0.717, 1.165) is 69.7 Å². The first-order valence-electron chi connectivity index (χ1n) is 12.6. The molecule has 2 fully saturated rings. The van der Waals surface area contributed by atoms with E-state index >= 15 is 0 Å². The number of nitrogens with zero attached hydrogens (tertiary/aromatic N) is 3. The predicted molar refractivity (Wildman–Crippen MR) is 142 cm³/mol. The summed E-state index contributed by atoms with van der Waals surface area (Å²) in [4.78, 5) is 17.4. The normalized spacial score (nSPS) is 18.9. The molecule has 4 rings (SSSR count). The third-order valence-electron chi connectivity index (χ3n) is 7.29. The molecule has 0 aliphatic carbocycles. The minimum Gasteiger partial charge on any atom is -0.490 e. The minimum absolute atomic E-state index is 0.195. The summed E-state index contributed by atoms with van der Waals surface area (Å²) in [6, 6.07) is 14.8. The highest BCUT2D eigenvalue weighted by atomic mass is 35.5. The molecule has 2 heterocycles. The molecule has 8 heteroatoms. The van der Waals surface area contributed by atoms with Crippen molar-refractivity contribution in [1.82, 2.24) is 9.80 Å². The number of benzene rings is 2. The van der Waals surface area contributed by atoms with Crippen LogP contribution in [-0.2, 0) is 16.0 Å². The number of hydrogen-bond acceptors (Lipinski definition) is 6. The Morgan fingerprint density at radius 3 is 2.47 bits per heavy atom. The summed E-state index contributed by atoms with van der Waals surface area (Å²) in [5.74, 6) is 1.18. The van der Waals surface area contributed by atoms with Crippen molar-refractivity contribution in [3.63, 3.8) is 0 Å². The van der Waals surface area contributed by atoms with Gasteiger partial charge in [0.25, 0.3) is 0 Å². The molecule has 2 aliphatic heterocycles. The van der Waals surface area contributed by atoms with E-state index in [-0.39, 0.29) is 18.1 Å². The molecular formula is C28H33Cl2N3O3. The van der Waals surface area contributed by atoms with E-state index in [0.29, 0.717) is 27.9 Å². The van der Waals surface area contributed by atoms with E-state index in [1.54, 1.807) is 18.2 Å². The zero-order valence-electron chi connectivity index (χ0n) is 20.7. The van der Waals surface area contributed by atoms with Crippen molar-refractivity contribution >= 4 is 29.2 Å². The van der Waals surface area contributed by atoms with Gasteiger partial charge in [0.05, 0.1) is 28.8 Å². The lowest BCUT2D eigenvalue weighted by Crippen LogP contribution is -2.49. The Morgan fingerprint density at radius 2 is 1.81 bits per heavy atom. The number of methoxy groups -OCH3 is 1. The van der Waals surface area contributed by atoms with E-state index in [1.165, 1.54) is 7.11 Å². The number of rotatable bonds is 8. The highest BCUT2D eigenvalue weighted by Crippen LogP contribution is 2.29. The quantitative estimate of drug-likeness (QED) is 0.437. The maximum Gasteiger partial charge on any atom is 0.323 e. The molecule has 6 nitrogen and oxygen atoms in total. The first kappa shape index (κ1) is 26.8.